The van der Waals surface area contributed by atoms with Crippen LogP contribution < -0.4 is 0 Å². The molecular weight excluding hydrogens is 356 g/mol. The molecule has 0 radical (unpaired) electrons. The monoisotopic (exact) mass is 398 g/mol. The van der Waals surface area contributed by atoms with Gasteiger partial charge in [0.05, 0.1) is 11.7 Å². The van der Waals surface area contributed by atoms with Crippen molar-refractivity contribution >= 4 is 0 Å². The number of hydrogen-bond acceptors (Lipinski definition) is 2. The number of rotatable bonds is 5. The van der Waals surface area contributed by atoms with Crippen LogP contribution in [0.4, 0.5) is 0 Å². The van der Waals surface area contributed by atoms with Crippen LogP contribution in [0.15, 0.2) is 35.5 Å². The van der Waals surface area contributed by atoms with E-state index in [9.17, 15) is 10.2 Å². The molecule has 2 nitrogen and oxygen atoms in total. The van der Waals surface area contributed by atoms with Crippen LogP contribution in [0.3, 0.4) is 0 Å². The Kier molecular flexibility index (Phi) is 5.44. The third kappa shape index (κ3) is 3.69. The maximum atomic E-state index is 10.1. The number of aliphatic hydroxyl groups is 2. The maximum Gasteiger partial charge on any atom is 0.0758 e. The fourth-order valence-corrected chi connectivity index (χ4v) is 7.62. The van der Waals surface area contributed by atoms with E-state index in [0.717, 1.165) is 37.0 Å². The maximum absolute atomic E-state index is 10.1. The van der Waals surface area contributed by atoms with Gasteiger partial charge in [-0.05, 0) is 81.5 Å². The minimum atomic E-state index is -0.534. The zero-order chi connectivity index (χ0) is 21.0. The molecule has 4 aliphatic carbocycles. The van der Waals surface area contributed by atoms with Crippen molar-refractivity contribution in [2.24, 2.45) is 34.5 Å². The second-order valence-electron chi connectivity index (χ2n) is 11.8. The second-order valence-corrected chi connectivity index (χ2v) is 11.8. The Bertz CT molecular complexity index is 723. The van der Waals surface area contributed by atoms with Crippen LogP contribution in [-0.2, 0) is 0 Å². The highest BCUT2D eigenvalue weighted by Crippen LogP contribution is 2.65. The van der Waals surface area contributed by atoms with Gasteiger partial charge in [-0.3, -0.25) is 0 Å². The van der Waals surface area contributed by atoms with Gasteiger partial charge in [0.25, 0.3) is 0 Å². The van der Waals surface area contributed by atoms with Gasteiger partial charge in [0.15, 0.2) is 0 Å². The van der Waals surface area contributed by atoms with Crippen molar-refractivity contribution in [3.05, 3.63) is 35.5 Å². The average molecular weight is 399 g/mol. The Morgan fingerprint density at radius 2 is 1.90 bits per heavy atom. The first-order chi connectivity index (χ1) is 13.5. The lowest BCUT2D eigenvalue weighted by Gasteiger charge is -2.53. The SMILES string of the molecule is C[C@H](CCCC(C)(C)O)[C@H]1CC[C@H]2C3=CC=C4C[C@@H](O)C=C[C@]4(C)[C@H]3CC[C@]12C. The molecule has 2 saturated carbocycles. The van der Waals surface area contributed by atoms with Crippen molar-refractivity contribution in [2.45, 2.75) is 97.7 Å². The molecule has 0 aromatic rings. The highest BCUT2D eigenvalue weighted by molar-refractivity contribution is 5.42. The van der Waals surface area contributed by atoms with E-state index in [0.29, 0.717) is 11.3 Å². The highest BCUT2D eigenvalue weighted by Gasteiger charge is 2.56. The van der Waals surface area contributed by atoms with E-state index in [1.807, 2.05) is 19.9 Å². The molecule has 0 aliphatic heterocycles. The summed E-state index contributed by atoms with van der Waals surface area (Å²) in [6, 6.07) is 0. The fraction of sp³-hybridized carbons (Fsp3) is 0.778. The van der Waals surface area contributed by atoms with E-state index in [1.54, 1.807) is 5.57 Å². The van der Waals surface area contributed by atoms with Gasteiger partial charge in [-0.2, -0.15) is 0 Å². The van der Waals surface area contributed by atoms with Gasteiger partial charge >= 0.3 is 0 Å². The van der Waals surface area contributed by atoms with Crippen molar-refractivity contribution in [3.8, 4) is 0 Å². The first-order valence-corrected chi connectivity index (χ1v) is 12.1. The van der Waals surface area contributed by atoms with Gasteiger partial charge in [-0.15, -0.1) is 0 Å². The molecule has 4 aliphatic rings. The summed E-state index contributed by atoms with van der Waals surface area (Å²) in [6.07, 6.45) is 18.2. The van der Waals surface area contributed by atoms with Crippen LogP contribution in [0.25, 0.3) is 0 Å². The molecule has 0 aromatic heterocycles. The molecule has 2 heteroatoms. The molecule has 162 valence electrons. The largest absolute Gasteiger partial charge is 0.390 e. The van der Waals surface area contributed by atoms with E-state index in [-0.39, 0.29) is 11.5 Å². The summed E-state index contributed by atoms with van der Waals surface area (Å²) in [5, 5.41) is 20.2. The molecule has 0 bridgehead atoms. The normalized spacial score (nSPS) is 42.4. The van der Waals surface area contributed by atoms with Crippen molar-refractivity contribution in [2.75, 3.05) is 0 Å². The minimum Gasteiger partial charge on any atom is -0.390 e. The molecule has 0 heterocycles. The summed E-state index contributed by atoms with van der Waals surface area (Å²) in [4.78, 5) is 0. The van der Waals surface area contributed by atoms with Gasteiger partial charge in [-0.25, -0.2) is 0 Å². The van der Waals surface area contributed by atoms with Gasteiger partial charge in [0.1, 0.15) is 0 Å². The smallest absolute Gasteiger partial charge is 0.0758 e. The third-order valence-corrected chi connectivity index (χ3v) is 9.31. The van der Waals surface area contributed by atoms with Crippen molar-refractivity contribution < 1.29 is 10.2 Å². The van der Waals surface area contributed by atoms with E-state index in [2.05, 4.69) is 39.0 Å². The predicted octanol–water partition coefficient (Wildman–Crippen LogP) is 6.20. The van der Waals surface area contributed by atoms with Crippen LogP contribution in [0, 0.1) is 34.5 Å². The molecule has 0 saturated heterocycles. The molecule has 2 N–H and O–H groups in total. The summed E-state index contributed by atoms with van der Waals surface area (Å²) < 4.78 is 0. The number of hydrogen-bond donors (Lipinski definition) is 2. The Hall–Kier alpha value is -0.860. The summed E-state index contributed by atoms with van der Waals surface area (Å²) in [6.45, 7) is 11.3. The van der Waals surface area contributed by atoms with Gasteiger partial charge in [0, 0.05) is 5.41 Å². The molecule has 0 amide bonds. The second kappa shape index (κ2) is 7.38. The topological polar surface area (TPSA) is 40.5 Å². The van der Waals surface area contributed by atoms with Gasteiger partial charge in [0.2, 0.25) is 0 Å². The number of fused-ring (bicyclic) bond motifs is 5. The van der Waals surface area contributed by atoms with E-state index in [4.69, 9.17) is 0 Å². The Labute approximate surface area is 178 Å². The minimum absolute atomic E-state index is 0.112. The highest BCUT2D eigenvalue weighted by atomic mass is 16.3. The Balaban J connectivity index is 1.52. The van der Waals surface area contributed by atoms with Crippen molar-refractivity contribution in [3.63, 3.8) is 0 Å². The Morgan fingerprint density at radius 3 is 2.62 bits per heavy atom. The molecule has 7 atom stereocenters. The van der Waals surface area contributed by atoms with E-state index in [1.165, 1.54) is 37.7 Å². The lowest BCUT2D eigenvalue weighted by molar-refractivity contribution is 0.0494. The lowest BCUT2D eigenvalue weighted by Crippen LogP contribution is -2.45. The van der Waals surface area contributed by atoms with Crippen molar-refractivity contribution in [1.29, 1.82) is 0 Å². The molecule has 0 unspecified atom stereocenters. The molecule has 0 aromatic carbocycles. The first kappa shape index (κ1) is 21.4. The van der Waals surface area contributed by atoms with Crippen LogP contribution in [0.2, 0.25) is 0 Å². The Morgan fingerprint density at radius 1 is 1.14 bits per heavy atom. The third-order valence-electron chi connectivity index (χ3n) is 9.31. The summed E-state index contributed by atoms with van der Waals surface area (Å²) in [7, 11) is 0. The zero-order valence-corrected chi connectivity index (χ0v) is 19.2. The summed E-state index contributed by atoms with van der Waals surface area (Å²) in [5.74, 6) is 2.88. The molecule has 29 heavy (non-hydrogen) atoms. The van der Waals surface area contributed by atoms with E-state index < -0.39 is 5.60 Å². The van der Waals surface area contributed by atoms with Crippen LogP contribution in [-0.4, -0.2) is 21.9 Å². The summed E-state index contributed by atoms with van der Waals surface area (Å²) >= 11 is 0. The number of aliphatic hydroxyl groups excluding tert-OH is 1. The molecule has 0 spiro atoms. The van der Waals surface area contributed by atoms with Crippen molar-refractivity contribution in [1.82, 2.24) is 0 Å². The average Bonchev–Trinajstić information content (AvgIpc) is 2.98. The van der Waals surface area contributed by atoms with Crippen LogP contribution >= 0.6 is 0 Å². The first-order valence-electron chi connectivity index (χ1n) is 12.1. The van der Waals surface area contributed by atoms with E-state index >= 15 is 0 Å². The van der Waals surface area contributed by atoms with Crippen LogP contribution in [0.1, 0.15) is 86.0 Å². The quantitative estimate of drug-likeness (QED) is 0.541. The van der Waals surface area contributed by atoms with Gasteiger partial charge < -0.3 is 10.2 Å². The lowest BCUT2D eigenvalue weighted by atomic mass is 9.51. The molecule has 2 fully saturated rings. The summed E-state index contributed by atoms with van der Waals surface area (Å²) in [5.41, 5.74) is 3.14. The van der Waals surface area contributed by atoms with Gasteiger partial charge in [-0.1, -0.05) is 69.1 Å². The van der Waals surface area contributed by atoms with Crippen LogP contribution in [0.5, 0.6) is 0 Å². The molecular formula is C27H42O2. The standard InChI is InChI=1S/C27H42O2/c1-18(7-6-14-25(2,3)29)22-10-11-23-21-9-8-19-17-20(28)12-15-26(19,4)24(21)13-16-27(22,23)5/h8-9,12,15,18,20,22-24,28-29H,6-7,10-11,13-14,16-17H2,1-5H3/t18-,20+,22-,23+,24+,26+,27-/m1/s1. The zero-order valence-electron chi connectivity index (χ0n) is 19.2. The fourth-order valence-electron chi connectivity index (χ4n) is 7.62. The molecule has 4 rings (SSSR count). The predicted molar refractivity (Wildman–Crippen MR) is 120 cm³/mol. The number of allylic oxidation sites excluding steroid dienone is 4.